The summed E-state index contributed by atoms with van der Waals surface area (Å²) >= 11 is 5.71. The van der Waals surface area contributed by atoms with E-state index in [0.717, 1.165) is 12.0 Å². The zero-order valence-electron chi connectivity index (χ0n) is 9.86. The molecule has 0 aliphatic heterocycles. The van der Waals surface area contributed by atoms with Crippen LogP contribution in [0.15, 0.2) is 12.3 Å². The molecule has 1 aromatic heterocycles. The molecule has 2 fully saturated rings. The van der Waals surface area contributed by atoms with Gasteiger partial charge in [-0.15, -0.1) is 0 Å². The van der Waals surface area contributed by atoms with Crippen molar-refractivity contribution in [2.45, 2.75) is 38.5 Å². The zero-order valence-corrected chi connectivity index (χ0v) is 10.6. The van der Waals surface area contributed by atoms with Gasteiger partial charge in [0.1, 0.15) is 0 Å². The Balaban J connectivity index is 1.48. The van der Waals surface area contributed by atoms with E-state index in [0.29, 0.717) is 11.8 Å². The quantitative estimate of drug-likeness (QED) is 0.773. The third kappa shape index (κ3) is 2.71. The van der Waals surface area contributed by atoms with Crippen LogP contribution < -0.4 is 4.74 Å². The minimum atomic E-state index is 0.253. The van der Waals surface area contributed by atoms with Crippen LogP contribution in [0.3, 0.4) is 0 Å². The van der Waals surface area contributed by atoms with Crippen molar-refractivity contribution in [3.8, 4) is 5.88 Å². The largest absolute Gasteiger partial charge is 0.477 e. The van der Waals surface area contributed by atoms with E-state index in [1.807, 2.05) is 0 Å². The highest BCUT2D eigenvalue weighted by molar-refractivity contribution is 6.28. The van der Waals surface area contributed by atoms with E-state index >= 15 is 0 Å². The summed E-state index contributed by atoms with van der Waals surface area (Å²) in [6.45, 7) is 0.767. The minimum absolute atomic E-state index is 0.253. The Labute approximate surface area is 107 Å². The fourth-order valence-corrected chi connectivity index (χ4v) is 2.88. The second kappa shape index (κ2) is 4.45. The van der Waals surface area contributed by atoms with Crippen LogP contribution in [0.5, 0.6) is 5.88 Å². The van der Waals surface area contributed by atoms with Crippen molar-refractivity contribution >= 4 is 11.6 Å². The lowest BCUT2D eigenvalue weighted by atomic mass is 9.80. The molecule has 0 N–H and O–H groups in total. The van der Waals surface area contributed by atoms with Crippen LogP contribution in [-0.4, -0.2) is 16.6 Å². The maximum Gasteiger partial charge on any atom is 0.225 e. The van der Waals surface area contributed by atoms with Gasteiger partial charge < -0.3 is 4.74 Å². The van der Waals surface area contributed by atoms with Gasteiger partial charge in [-0.3, -0.25) is 0 Å². The van der Waals surface area contributed by atoms with Crippen molar-refractivity contribution in [1.29, 1.82) is 0 Å². The highest BCUT2D eigenvalue weighted by Crippen LogP contribution is 2.57. The highest BCUT2D eigenvalue weighted by atomic mass is 35.5. The Morgan fingerprint density at radius 3 is 2.71 bits per heavy atom. The van der Waals surface area contributed by atoms with E-state index in [1.54, 1.807) is 12.3 Å². The lowest BCUT2D eigenvalue weighted by Gasteiger charge is -2.28. The number of hydrogen-bond donors (Lipinski definition) is 0. The van der Waals surface area contributed by atoms with Gasteiger partial charge >= 0.3 is 0 Å². The first-order valence-electron chi connectivity index (χ1n) is 6.37. The number of rotatable bonds is 3. The molecule has 4 heteroatoms. The fourth-order valence-electron chi connectivity index (χ4n) is 2.74. The smallest absolute Gasteiger partial charge is 0.225 e. The minimum Gasteiger partial charge on any atom is -0.477 e. The topological polar surface area (TPSA) is 35.0 Å². The maximum absolute atomic E-state index is 5.71. The van der Waals surface area contributed by atoms with Crippen LogP contribution in [0, 0.1) is 11.3 Å². The fraction of sp³-hybridized carbons (Fsp3) is 0.692. The average molecular weight is 253 g/mol. The Bertz CT molecular complexity index is 396. The summed E-state index contributed by atoms with van der Waals surface area (Å²) in [5.74, 6) is 1.28. The number of nitrogens with zero attached hydrogens (tertiary/aromatic N) is 2. The van der Waals surface area contributed by atoms with Crippen LogP contribution >= 0.6 is 11.6 Å². The molecule has 0 amide bonds. The van der Waals surface area contributed by atoms with E-state index in [9.17, 15) is 0 Å². The van der Waals surface area contributed by atoms with Crippen molar-refractivity contribution in [3.05, 3.63) is 17.5 Å². The molecule has 0 atom stereocenters. The van der Waals surface area contributed by atoms with Crippen molar-refractivity contribution in [1.82, 2.24) is 9.97 Å². The lowest BCUT2D eigenvalue weighted by Crippen LogP contribution is -2.20. The zero-order chi connectivity index (χ0) is 11.7. The Kier molecular flexibility index (Phi) is 2.95. The molecular weight excluding hydrogens is 236 g/mol. The molecule has 3 rings (SSSR count). The molecule has 1 heterocycles. The predicted molar refractivity (Wildman–Crippen MR) is 66.2 cm³/mol. The number of hydrogen-bond acceptors (Lipinski definition) is 3. The summed E-state index contributed by atoms with van der Waals surface area (Å²) in [5, 5.41) is 0.253. The van der Waals surface area contributed by atoms with Gasteiger partial charge in [0, 0.05) is 12.3 Å². The summed E-state index contributed by atoms with van der Waals surface area (Å²) < 4.78 is 5.68. The molecular formula is C13H17ClN2O. The van der Waals surface area contributed by atoms with E-state index in [4.69, 9.17) is 16.3 Å². The molecule has 1 spiro atoms. The number of ether oxygens (including phenoxy) is 1. The highest BCUT2D eigenvalue weighted by Gasteiger charge is 2.44. The SMILES string of the molecule is Clc1nccc(OCC2CCC3(CC2)CC3)n1. The van der Waals surface area contributed by atoms with Crippen LogP contribution in [0.2, 0.25) is 5.28 Å². The average Bonchev–Trinajstić information content (AvgIpc) is 3.09. The molecule has 1 aromatic rings. The standard InChI is InChI=1S/C13H17ClN2O/c14-12-15-8-3-11(16-12)17-9-10-1-4-13(5-2-10)6-7-13/h3,8,10H,1-2,4-7,9H2. The van der Waals surface area contributed by atoms with Gasteiger partial charge in [-0.2, -0.15) is 4.98 Å². The first-order chi connectivity index (χ1) is 8.26. The second-order valence-electron chi connectivity index (χ2n) is 5.42. The van der Waals surface area contributed by atoms with Crippen molar-refractivity contribution in [3.63, 3.8) is 0 Å². The van der Waals surface area contributed by atoms with Crippen molar-refractivity contribution in [2.24, 2.45) is 11.3 Å². The van der Waals surface area contributed by atoms with Crippen LogP contribution in [0.25, 0.3) is 0 Å². The maximum atomic E-state index is 5.71. The van der Waals surface area contributed by atoms with Crippen LogP contribution in [0.1, 0.15) is 38.5 Å². The number of halogens is 1. The third-order valence-electron chi connectivity index (χ3n) is 4.19. The predicted octanol–water partition coefficient (Wildman–Crippen LogP) is 3.48. The molecule has 0 saturated heterocycles. The summed E-state index contributed by atoms with van der Waals surface area (Å²) in [4.78, 5) is 7.87. The van der Waals surface area contributed by atoms with E-state index in [1.165, 1.54) is 38.5 Å². The van der Waals surface area contributed by atoms with Gasteiger partial charge in [-0.1, -0.05) is 0 Å². The van der Waals surface area contributed by atoms with Crippen molar-refractivity contribution in [2.75, 3.05) is 6.61 Å². The van der Waals surface area contributed by atoms with Crippen molar-refractivity contribution < 1.29 is 4.74 Å². The molecule has 17 heavy (non-hydrogen) atoms. The summed E-state index contributed by atoms with van der Waals surface area (Å²) in [5.41, 5.74) is 0.759. The first kappa shape index (κ1) is 11.3. The Hall–Kier alpha value is -0.830. The molecule has 3 nitrogen and oxygen atoms in total. The normalized spacial score (nSPS) is 22.6. The lowest BCUT2D eigenvalue weighted by molar-refractivity contribution is 0.170. The Morgan fingerprint density at radius 1 is 1.29 bits per heavy atom. The molecule has 92 valence electrons. The van der Waals surface area contributed by atoms with Crippen LogP contribution in [0.4, 0.5) is 0 Å². The van der Waals surface area contributed by atoms with Gasteiger partial charge in [0.25, 0.3) is 0 Å². The van der Waals surface area contributed by atoms with Gasteiger partial charge in [-0.25, -0.2) is 4.98 Å². The van der Waals surface area contributed by atoms with Gasteiger partial charge in [-0.05, 0) is 61.5 Å². The van der Waals surface area contributed by atoms with Gasteiger partial charge in [0.05, 0.1) is 6.61 Å². The van der Waals surface area contributed by atoms with Crippen LogP contribution in [-0.2, 0) is 0 Å². The van der Waals surface area contributed by atoms with E-state index in [-0.39, 0.29) is 5.28 Å². The summed E-state index contributed by atoms with van der Waals surface area (Å²) in [6.07, 6.45) is 9.95. The summed E-state index contributed by atoms with van der Waals surface area (Å²) in [6, 6.07) is 1.76. The molecule has 2 saturated carbocycles. The Morgan fingerprint density at radius 2 is 2.06 bits per heavy atom. The summed E-state index contributed by atoms with van der Waals surface area (Å²) in [7, 11) is 0. The molecule has 0 bridgehead atoms. The molecule has 2 aliphatic rings. The molecule has 0 aromatic carbocycles. The van der Waals surface area contributed by atoms with Gasteiger partial charge in [0.2, 0.25) is 11.2 Å². The molecule has 0 unspecified atom stereocenters. The monoisotopic (exact) mass is 252 g/mol. The third-order valence-corrected chi connectivity index (χ3v) is 4.37. The second-order valence-corrected chi connectivity index (χ2v) is 5.76. The van der Waals surface area contributed by atoms with E-state index in [2.05, 4.69) is 9.97 Å². The first-order valence-corrected chi connectivity index (χ1v) is 6.75. The number of aromatic nitrogens is 2. The van der Waals surface area contributed by atoms with E-state index < -0.39 is 0 Å². The molecule has 0 radical (unpaired) electrons. The molecule has 2 aliphatic carbocycles. The van der Waals surface area contributed by atoms with Gasteiger partial charge in [0.15, 0.2) is 0 Å².